The zero-order chi connectivity index (χ0) is 19.2. The lowest BCUT2D eigenvalue weighted by molar-refractivity contribution is -0.162. The number of fused-ring (bicyclic) bond motifs is 1. The number of hydrogen-bond donors (Lipinski definition) is 0. The highest BCUT2D eigenvalue weighted by Crippen LogP contribution is 2.38. The van der Waals surface area contributed by atoms with Crippen molar-refractivity contribution in [2.45, 2.75) is 37.9 Å². The highest BCUT2D eigenvalue weighted by atomic mass is 19.4. The molecule has 0 bridgehead atoms. The highest BCUT2D eigenvalue weighted by Gasteiger charge is 2.37. The van der Waals surface area contributed by atoms with E-state index < -0.39 is 18.5 Å². The van der Waals surface area contributed by atoms with Crippen LogP contribution in [0.1, 0.15) is 42.9 Å². The van der Waals surface area contributed by atoms with Gasteiger partial charge in [0.05, 0.1) is 5.52 Å². The maximum absolute atomic E-state index is 12.6. The van der Waals surface area contributed by atoms with E-state index in [4.69, 9.17) is 0 Å². The third-order valence-electron chi connectivity index (χ3n) is 5.26. The first-order valence-electron chi connectivity index (χ1n) is 9.07. The van der Waals surface area contributed by atoms with Crippen LogP contribution in [0.5, 0.6) is 0 Å². The van der Waals surface area contributed by atoms with E-state index in [2.05, 4.69) is 9.98 Å². The molecular formula is C20H20F3N3O. The lowest BCUT2D eigenvalue weighted by atomic mass is 9.83. The fourth-order valence-corrected chi connectivity index (χ4v) is 4.08. The number of carbonyl (C=O) groups is 1. The van der Waals surface area contributed by atoms with Gasteiger partial charge >= 0.3 is 6.18 Å². The summed E-state index contributed by atoms with van der Waals surface area (Å²) in [5.74, 6) is -0.713. The average molecular weight is 375 g/mol. The van der Waals surface area contributed by atoms with Gasteiger partial charge in [0, 0.05) is 42.4 Å². The van der Waals surface area contributed by atoms with Crippen molar-refractivity contribution in [1.29, 1.82) is 0 Å². The Hall–Kier alpha value is -2.44. The maximum atomic E-state index is 12.6. The highest BCUT2D eigenvalue weighted by molar-refractivity contribution is 5.92. The molecule has 142 valence electrons. The first kappa shape index (κ1) is 17.9. The van der Waals surface area contributed by atoms with Gasteiger partial charge in [-0.15, -0.1) is 0 Å². The number of alkyl halides is 3. The topological polar surface area (TPSA) is 45.6 Å². The van der Waals surface area contributed by atoms with Gasteiger partial charge in [-0.3, -0.25) is 14.8 Å². The predicted molar refractivity (Wildman–Crippen MR) is 96.8 cm³/mol. The second-order valence-electron chi connectivity index (χ2n) is 7.52. The number of halogens is 3. The van der Waals surface area contributed by atoms with Gasteiger partial charge in [0.15, 0.2) is 0 Å². The predicted octanol–water partition coefficient (Wildman–Crippen LogP) is 4.26. The van der Waals surface area contributed by atoms with E-state index in [9.17, 15) is 18.0 Å². The molecule has 2 aromatic rings. The minimum Gasteiger partial charge on any atom is -0.342 e. The van der Waals surface area contributed by atoms with Gasteiger partial charge in [-0.1, -0.05) is 25.1 Å². The SMILES string of the molecule is CC1C[C@H](c2ccc(C3C=N3)c3ncccc23)CN(C(=O)CC(F)(F)F)C1. The van der Waals surface area contributed by atoms with E-state index in [-0.39, 0.29) is 17.9 Å². The lowest BCUT2D eigenvalue weighted by Crippen LogP contribution is -2.43. The number of rotatable bonds is 3. The number of carbonyl (C=O) groups excluding carboxylic acids is 1. The van der Waals surface area contributed by atoms with Crippen molar-refractivity contribution in [2.24, 2.45) is 10.9 Å². The number of pyridine rings is 1. The van der Waals surface area contributed by atoms with E-state index in [0.717, 1.165) is 28.5 Å². The van der Waals surface area contributed by atoms with E-state index in [1.54, 1.807) is 6.20 Å². The van der Waals surface area contributed by atoms with Gasteiger partial charge in [-0.05, 0) is 24.0 Å². The Kier molecular flexibility index (Phi) is 4.40. The summed E-state index contributed by atoms with van der Waals surface area (Å²) >= 11 is 0. The molecule has 4 nitrogen and oxygen atoms in total. The molecule has 27 heavy (non-hydrogen) atoms. The van der Waals surface area contributed by atoms with Crippen LogP contribution in [-0.4, -0.2) is 41.3 Å². The molecule has 0 radical (unpaired) electrons. The largest absolute Gasteiger partial charge is 0.397 e. The average Bonchev–Trinajstić information content (AvgIpc) is 3.43. The molecule has 0 N–H and O–H groups in total. The van der Waals surface area contributed by atoms with Crippen LogP contribution in [0.15, 0.2) is 35.5 Å². The van der Waals surface area contributed by atoms with Gasteiger partial charge in [-0.25, -0.2) is 0 Å². The number of likely N-dealkylation sites (tertiary alicyclic amines) is 1. The molecule has 0 aliphatic carbocycles. The molecular weight excluding hydrogens is 355 g/mol. The Morgan fingerprint density at radius 2 is 1.96 bits per heavy atom. The van der Waals surface area contributed by atoms with Crippen LogP contribution in [0.25, 0.3) is 10.9 Å². The molecule has 0 spiro atoms. The smallest absolute Gasteiger partial charge is 0.342 e. The van der Waals surface area contributed by atoms with E-state index in [1.165, 1.54) is 4.90 Å². The first-order chi connectivity index (χ1) is 12.8. The Morgan fingerprint density at radius 3 is 2.67 bits per heavy atom. The van der Waals surface area contributed by atoms with Gasteiger partial charge < -0.3 is 4.90 Å². The summed E-state index contributed by atoms with van der Waals surface area (Å²) < 4.78 is 37.9. The monoisotopic (exact) mass is 375 g/mol. The summed E-state index contributed by atoms with van der Waals surface area (Å²) in [6.07, 6.45) is -1.44. The molecule has 2 unspecified atom stereocenters. The number of nitrogens with zero attached hydrogens (tertiary/aromatic N) is 3. The minimum absolute atomic E-state index is 0.00759. The molecule has 1 saturated heterocycles. The Bertz CT molecular complexity index is 903. The fraction of sp³-hybridized carbons (Fsp3) is 0.450. The van der Waals surface area contributed by atoms with Crippen molar-refractivity contribution in [3.8, 4) is 0 Å². The van der Waals surface area contributed by atoms with Crippen molar-refractivity contribution >= 4 is 23.0 Å². The molecule has 1 fully saturated rings. The zero-order valence-corrected chi connectivity index (χ0v) is 14.9. The van der Waals surface area contributed by atoms with Gasteiger partial charge in [0.25, 0.3) is 0 Å². The normalized spacial score (nSPS) is 25.0. The molecule has 3 heterocycles. The summed E-state index contributed by atoms with van der Waals surface area (Å²) in [6.45, 7) is 2.66. The second kappa shape index (κ2) is 6.62. The third kappa shape index (κ3) is 3.82. The molecule has 1 aromatic carbocycles. The number of aromatic nitrogens is 1. The standard InChI is InChI=1S/C20H20F3N3O/c1-12-7-13(11-26(10-12)18(27)8-20(21,22)23)14-4-5-16(17-9-25-17)19-15(14)3-2-6-24-19/h2-6,9,12-13,17H,7-8,10-11H2,1H3/t12?,13-,17?/m0/s1. The maximum Gasteiger partial charge on any atom is 0.397 e. The molecule has 4 rings (SSSR count). The van der Waals surface area contributed by atoms with E-state index >= 15 is 0 Å². The van der Waals surface area contributed by atoms with Crippen molar-refractivity contribution in [1.82, 2.24) is 9.88 Å². The molecule has 3 atom stereocenters. The van der Waals surface area contributed by atoms with Gasteiger partial charge in [0.1, 0.15) is 12.5 Å². The van der Waals surface area contributed by atoms with Crippen LogP contribution in [0.2, 0.25) is 0 Å². The zero-order valence-electron chi connectivity index (χ0n) is 14.9. The van der Waals surface area contributed by atoms with E-state index in [0.29, 0.717) is 13.1 Å². The van der Waals surface area contributed by atoms with E-state index in [1.807, 2.05) is 37.4 Å². The lowest BCUT2D eigenvalue weighted by Gasteiger charge is -2.37. The van der Waals surface area contributed by atoms with Crippen LogP contribution < -0.4 is 0 Å². The molecule has 2 aliphatic rings. The minimum atomic E-state index is -4.48. The summed E-state index contributed by atoms with van der Waals surface area (Å²) in [6, 6.07) is 7.96. The van der Waals surface area contributed by atoms with Crippen LogP contribution in [0.3, 0.4) is 0 Å². The van der Waals surface area contributed by atoms with Crippen LogP contribution in [-0.2, 0) is 4.79 Å². The molecule has 1 aromatic heterocycles. The van der Waals surface area contributed by atoms with Crippen LogP contribution in [0.4, 0.5) is 13.2 Å². The van der Waals surface area contributed by atoms with Crippen LogP contribution >= 0.6 is 0 Å². The van der Waals surface area contributed by atoms with Gasteiger partial charge in [-0.2, -0.15) is 13.2 Å². The molecule has 7 heteroatoms. The Balaban J connectivity index is 1.64. The molecule has 2 aliphatic heterocycles. The number of amides is 1. The van der Waals surface area contributed by atoms with Gasteiger partial charge in [0.2, 0.25) is 5.91 Å². The summed E-state index contributed by atoms with van der Waals surface area (Å²) in [5, 5.41) is 0.993. The number of hydrogen-bond acceptors (Lipinski definition) is 3. The third-order valence-corrected chi connectivity index (χ3v) is 5.26. The molecule has 0 saturated carbocycles. The van der Waals surface area contributed by atoms with Crippen LogP contribution in [0, 0.1) is 5.92 Å². The first-order valence-corrected chi connectivity index (χ1v) is 9.07. The quantitative estimate of drug-likeness (QED) is 0.805. The second-order valence-corrected chi connectivity index (χ2v) is 7.52. The summed E-state index contributed by atoms with van der Waals surface area (Å²) in [4.78, 5) is 22.2. The number of aliphatic imine (C=N–C) groups is 1. The van der Waals surface area contributed by atoms with Crippen molar-refractivity contribution in [3.63, 3.8) is 0 Å². The fourth-order valence-electron chi connectivity index (χ4n) is 4.08. The van der Waals surface area contributed by atoms with Crippen molar-refractivity contribution in [2.75, 3.05) is 13.1 Å². The molecule has 1 amide bonds. The summed E-state index contributed by atoms with van der Waals surface area (Å²) in [5.41, 5.74) is 2.96. The number of piperidine rings is 1. The Labute approximate surface area is 155 Å². The summed E-state index contributed by atoms with van der Waals surface area (Å²) in [7, 11) is 0. The Morgan fingerprint density at radius 1 is 1.22 bits per heavy atom. The number of benzene rings is 1. The van der Waals surface area contributed by atoms with Crippen molar-refractivity contribution < 1.29 is 18.0 Å². The van der Waals surface area contributed by atoms with Crippen molar-refractivity contribution in [3.05, 3.63) is 41.6 Å².